The van der Waals surface area contributed by atoms with Gasteiger partial charge in [-0.1, -0.05) is 51.1 Å². The minimum absolute atomic E-state index is 0.0238. The van der Waals surface area contributed by atoms with E-state index in [2.05, 4.69) is 39.8 Å². The lowest BCUT2D eigenvalue weighted by Gasteiger charge is -2.39. The summed E-state index contributed by atoms with van der Waals surface area (Å²) < 4.78 is 6.39. The molecule has 0 saturated carbocycles. The summed E-state index contributed by atoms with van der Waals surface area (Å²) in [6, 6.07) is 10.2. The van der Waals surface area contributed by atoms with Crippen LogP contribution >= 0.6 is 0 Å². The average Bonchev–Trinajstić information content (AvgIpc) is 2.82. The maximum atomic E-state index is 13.9. The minimum Gasteiger partial charge on any atom is -0.349 e. The summed E-state index contributed by atoms with van der Waals surface area (Å²) in [5.74, 6) is 0.0523. The fourth-order valence-corrected chi connectivity index (χ4v) is 4.82. The van der Waals surface area contributed by atoms with Crippen LogP contribution in [0.25, 0.3) is 0 Å². The number of nitrogens with zero attached hydrogens (tertiary/aromatic N) is 2. The largest absolute Gasteiger partial charge is 0.349 e. The summed E-state index contributed by atoms with van der Waals surface area (Å²) in [4.78, 5) is 29.8. The molecule has 2 rings (SSSR count). The molecule has 1 aliphatic heterocycles. The van der Waals surface area contributed by atoms with E-state index in [-0.39, 0.29) is 35.6 Å². The van der Waals surface area contributed by atoms with Crippen molar-refractivity contribution in [3.05, 3.63) is 35.9 Å². The molecule has 1 aromatic carbocycles. The van der Waals surface area contributed by atoms with Crippen LogP contribution in [-0.2, 0) is 20.7 Å². The van der Waals surface area contributed by atoms with E-state index in [0.29, 0.717) is 6.42 Å². The summed E-state index contributed by atoms with van der Waals surface area (Å²) in [6.45, 7) is 14.2. The molecule has 0 aromatic heterocycles. The van der Waals surface area contributed by atoms with E-state index in [9.17, 15) is 9.59 Å². The normalized spacial score (nSPS) is 22.1. The van der Waals surface area contributed by atoms with Crippen LogP contribution < -0.4 is 0 Å². The number of hydrogen-bond donors (Lipinski definition) is 0. The first-order valence-corrected chi connectivity index (χ1v) is 11.1. The van der Waals surface area contributed by atoms with Gasteiger partial charge in [-0.3, -0.25) is 9.59 Å². The summed E-state index contributed by atoms with van der Waals surface area (Å²) in [6.07, 6.45) is 1.11. The molecule has 30 heavy (non-hydrogen) atoms. The average molecular weight is 417 g/mol. The summed E-state index contributed by atoms with van der Waals surface area (Å²) >= 11 is 0. The molecule has 0 unspecified atom stereocenters. The van der Waals surface area contributed by atoms with Crippen molar-refractivity contribution >= 4 is 11.8 Å². The molecule has 2 amide bonds. The zero-order valence-electron chi connectivity index (χ0n) is 20.2. The Kier molecular flexibility index (Phi) is 7.39. The van der Waals surface area contributed by atoms with E-state index in [0.717, 1.165) is 6.42 Å². The Labute approximate surface area is 182 Å². The van der Waals surface area contributed by atoms with E-state index in [1.807, 2.05) is 43.9 Å². The van der Waals surface area contributed by atoms with Crippen molar-refractivity contribution in [1.29, 1.82) is 0 Å². The molecule has 0 N–H and O–H groups in total. The molecule has 3 atom stereocenters. The van der Waals surface area contributed by atoms with Gasteiger partial charge < -0.3 is 14.5 Å². The van der Waals surface area contributed by atoms with Gasteiger partial charge in [0, 0.05) is 26.4 Å². The van der Waals surface area contributed by atoms with Gasteiger partial charge in [0.2, 0.25) is 11.8 Å². The SMILES string of the molecule is CC(C)[C@H](CC(=O)N(C)C)[C@@H](C)C(=O)N1[C@@H](Cc2ccccc2)C(C)(C)OC1(C)C. The lowest BCUT2D eigenvalue weighted by molar-refractivity contribution is -0.156. The third kappa shape index (κ3) is 5.23. The van der Waals surface area contributed by atoms with Gasteiger partial charge >= 0.3 is 0 Å². The van der Waals surface area contributed by atoms with Crippen molar-refractivity contribution in [2.24, 2.45) is 17.8 Å². The molecule has 0 aliphatic carbocycles. The van der Waals surface area contributed by atoms with E-state index < -0.39 is 11.3 Å². The number of ether oxygens (including phenoxy) is 1. The molecular weight excluding hydrogens is 376 g/mol. The van der Waals surface area contributed by atoms with Crippen LogP contribution in [0.2, 0.25) is 0 Å². The summed E-state index contributed by atoms with van der Waals surface area (Å²) in [5, 5.41) is 0. The molecule has 5 nitrogen and oxygen atoms in total. The highest BCUT2D eigenvalue weighted by atomic mass is 16.6. The Morgan fingerprint density at radius 2 is 1.63 bits per heavy atom. The topological polar surface area (TPSA) is 49.9 Å². The molecule has 0 spiro atoms. The molecule has 168 valence electrons. The van der Waals surface area contributed by atoms with Crippen LogP contribution in [0.15, 0.2) is 30.3 Å². The second kappa shape index (κ2) is 9.09. The van der Waals surface area contributed by atoms with Crippen LogP contribution in [0.1, 0.15) is 60.5 Å². The van der Waals surface area contributed by atoms with Crippen molar-refractivity contribution in [2.75, 3.05) is 14.1 Å². The monoisotopic (exact) mass is 416 g/mol. The van der Waals surface area contributed by atoms with Crippen molar-refractivity contribution in [3.63, 3.8) is 0 Å². The molecule has 1 aliphatic rings. The zero-order valence-corrected chi connectivity index (χ0v) is 20.2. The second-order valence-corrected chi connectivity index (χ2v) is 10.3. The predicted octanol–water partition coefficient (Wildman–Crippen LogP) is 4.36. The Morgan fingerprint density at radius 1 is 1.07 bits per heavy atom. The van der Waals surface area contributed by atoms with Crippen molar-refractivity contribution in [1.82, 2.24) is 9.80 Å². The molecule has 0 bridgehead atoms. The Hall–Kier alpha value is -1.88. The Bertz CT molecular complexity index is 740. The fourth-order valence-electron chi connectivity index (χ4n) is 4.82. The molecular formula is C25H40N2O3. The van der Waals surface area contributed by atoms with Gasteiger partial charge in [-0.25, -0.2) is 0 Å². The lowest BCUT2D eigenvalue weighted by atomic mass is 9.80. The van der Waals surface area contributed by atoms with Crippen LogP contribution in [0.5, 0.6) is 0 Å². The molecule has 1 fully saturated rings. The molecule has 0 radical (unpaired) electrons. The first kappa shape index (κ1) is 24.4. The van der Waals surface area contributed by atoms with Crippen molar-refractivity contribution in [2.45, 2.75) is 78.7 Å². The quantitative estimate of drug-likeness (QED) is 0.664. The van der Waals surface area contributed by atoms with Crippen LogP contribution in [0, 0.1) is 17.8 Å². The number of carbonyl (C=O) groups is 2. The van der Waals surface area contributed by atoms with Crippen LogP contribution in [0.3, 0.4) is 0 Å². The van der Waals surface area contributed by atoms with Gasteiger partial charge in [-0.05, 0) is 51.5 Å². The first-order valence-electron chi connectivity index (χ1n) is 11.1. The standard InChI is InChI=1S/C25H40N2O3/c1-17(2)20(16-22(28)26(8)9)18(3)23(29)27-21(15-19-13-11-10-12-14-19)24(4,5)30-25(27,6)7/h10-14,17-18,20-21H,15-16H2,1-9H3/t18-,20+,21+/m1/s1. The first-order chi connectivity index (χ1) is 13.8. The maximum absolute atomic E-state index is 13.9. The van der Waals surface area contributed by atoms with Gasteiger partial charge in [0.25, 0.3) is 0 Å². The highest BCUT2D eigenvalue weighted by Gasteiger charge is 2.55. The molecule has 1 heterocycles. The van der Waals surface area contributed by atoms with E-state index in [1.165, 1.54) is 5.56 Å². The number of amides is 2. The maximum Gasteiger partial charge on any atom is 0.228 e. The number of rotatable bonds is 7. The fraction of sp³-hybridized carbons (Fsp3) is 0.680. The molecule has 1 saturated heterocycles. The summed E-state index contributed by atoms with van der Waals surface area (Å²) in [5.41, 5.74) is 0.00797. The van der Waals surface area contributed by atoms with E-state index >= 15 is 0 Å². The minimum atomic E-state index is -0.707. The molecule has 1 aromatic rings. The third-order valence-corrected chi connectivity index (χ3v) is 6.51. The zero-order chi connectivity index (χ0) is 22.9. The third-order valence-electron chi connectivity index (χ3n) is 6.51. The van der Waals surface area contributed by atoms with Gasteiger partial charge in [0.1, 0.15) is 5.72 Å². The number of benzene rings is 1. The lowest BCUT2D eigenvalue weighted by Crippen LogP contribution is -2.53. The van der Waals surface area contributed by atoms with Gasteiger partial charge in [0.15, 0.2) is 0 Å². The highest BCUT2D eigenvalue weighted by molar-refractivity contribution is 5.82. The number of hydrogen-bond acceptors (Lipinski definition) is 3. The van der Waals surface area contributed by atoms with Crippen LogP contribution in [0.4, 0.5) is 0 Å². The highest BCUT2D eigenvalue weighted by Crippen LogP contribution is 2.42. The van der Waals surface area contributed by atoms with Gasteiger partial charge in [-0.15, -0.1) is 0 Å². The summed E-state index contributed by atoms with van der Waals surface area (Å²) in [7, 11) is 3.53. The smallest absolute Gasteiger partial charge is 0.228 e. The number of carbonyl (C=O) groups excluding carboxylic acids is 2. The van der Waals surface area contributed by atoms with E-state index in [1.54, 1.807) is 19.0 Å². The predicted molar refractivity (Wildman–Crippen MR) is 121 cm³/mol. The Morgan fingerprint density at radius 3 is 2.13 bits per heavy atom. The second-order valence-electron chi connectivity index (χ2n) is 10.3. The van der Waals surface area contributed by atoms with Crippen molar-refractivity contribution < 1.29 is 14.3 Å². The van der Waals surface area contributed by atoms with Crippen molar-refractivity contribution in [3.8, 4) is 0 Å². The van der Waals surface area contributed by atoms with E-state index in [4.69, 9.17) is 4.74 Å². The van der Waals surface area contributed by atoms with Crippen LogP contribution in [-0.4, -0.2) is 53.1 Å². The van der Waals surface area contributed by atoms with Gasteiger partial charge in [0.05, 0.1) is 11.6 Å². The van der Waals surface area contributed by atoms with Gasteiger partial charge in [-0.2, -0.15) is 0 Å². The Balaban J connectivity index is 2.35. The molecule has 5 heteroatoms.